The molecule has 0 saturated heterocycles. The molecule has 0 fully saturated rings. The molecule has 1 amide bonds. The Morgan fingerprint density at radius 3 is 2.23 bits per heavy atom. The van der Waals surface area contributed by atoms with E-state index in [9.17, 15) is 4.79 Å². The molecule has 30 heavy (non-hydrogen) atoms. The van der Waals surface area contributed by atoms with Gasteiger partial charge in [0.15, 0.2) is 6.61 Å². The highest BCUT2D eigenvalue weighted by Gasteiger charge is 2.12. The van der Waals surface area contributed by atoms with E-state index in [-0.39, 0.29) is 12.5 Å². The van der Waals surface area contributed by atoms with E-state index in [0.717, 1.165) is 27.9 Å². The fraction of sp³-hybridized carbons (Fsp3) is 0.208. The summed E-state index contributed by atoms with van der Waals surface area (Å²) in [5, 5.41) is 12.0. The van der Waals surface area contributed by atoms with Gasteiger partial charge in [0.2, 0.25) is 0 Å². The molecule has 0 saturated carbocycles. The number of nitrogens with zero attached hydrogens (tertiary/aromatic N) is 3. The van der Waals surface area contributed by atoms with Crippen LogP contribution in [-0.4, -0.2) is 27.5 Å². The van der Waals surface area contributed by atoms with Crippen LogP contribution in [0.1, 0.15) is 22.3 Å². The van der Waals surface area contributed by atoms with Crippen LogP contribution in [0.5, 0.6) is 5.75 Å². The van der Waals surface area contributed by atoms with Crippen LogP contribution in [0.25, 0.3) is 16.7 Å². The fourth-order valence-corrected chi connectivity index (χ4v) is 3.29. The second-order valence-electron chi connectivity index (χ2n) is 7.59. The molecule has 4 aromatic rings. The van der Waals surface area contributed by atoms with E-state index in [1.807, 2.05) is 82.3 Å². The quantitative estimate of drug-likeness (QED) is 0.528. The molecule has 4 rings (SSSR count). The number of anilines is 1. The summed E-state index contributed by atoms with van der Waals surface area (Å²) in [7, 11) is 0. The van der Waals surface area contributed by atoms with Gasteiger partial charge in [-0.15, -0.1) is 10.2 Å². The lowest BCUT2D eigenvalue weighted by atomic mass is 10.1. The average Bonchev–Trinajstić information content (AvgIpc) is 3.10. The van der Waals surface area contributed by atoms with E-state index in [1.54, 1.807) is 4.80 Å². The zero-order valence-corrected chi connectivity index (χ0v) is 17.6. The summed E-state index contributed by atoms with van der Waals surface area (Å²) in [4.78, 5) is 14.0. The predicted molar refractivity (Wildman–Crippen MR) is 118 cm³/mol. The third-order valence-electron chi connectivity index (χ3n) is 4.95. The molecule has 0 atom stereocenters. The Morgan fingerprint density at radius 2 is 1.53 bits per heavy atom. The number of carbonyl (C=O) groups is 1. The Bertz CT molecular complexity index is 1230. The molecule has 0 bridgehead atoms. The van der Waals surface area contributed by atoms with Gasteiger partial charge in [0.05, 0.1) is 5.69 Å². The number of hydrogen-bond donors (Lipinski definition) is 1. The van der Waals surface area contributed by atoms with Gasteiger partial charge in [-0.2, -0.15) is 4.80 Å². The van der Waals surface area contributed by atoms with E-state index in [0.29, 0.717) is 17.0 Å². The third kappa shape index (κ3) is 4.17. The van der Waals surface area contributed by atoms with Gasteiger partial charge in [-0.25, -0.2) is 0 Å². The number of nitrogens with one attached hydrogen (secondary N) is 1. The van der Waals surface area contributed by atoms with Gasteiger partial charge in [0, 0.05) is 5.69 Å². The number of amides is 1. The number of carbonyl (C=O) groups excluding carboxylic acids is 1. The molecule has 152 valence electrons. The Kier molecular flexibility index (Phi) is 5.23. The van der Waals surface area contributed by atoms with E-state index >= 15 is 0 Å². The summed E-state index contributed by atoms with van der Waals surface area (Å²) >= 11 is 0. The van der Waals surface area contributed by atoms with Crippen LogP contribution in [-0.2, 0) is 4.79 Å². The molecule has 0 aliphatic carbocycles. The van der Waals surface area contributed by atoms with Gasteiger partial charge >= 0.3 is 0 Å². The average molecular weight is 400 g/mol. The molecular formula is C24H24N4O2. The molecule has 6 nitrogen and oxygen atoms in total. The highest BCUT2D eigenvalue weighted by Crippen LogP contribution is 2.23. The number of hydrogen-bond acceptors (Lipinski definition) is 4. The van der Waals surface area contributed by atoms with E-state index in [2.05, 4.69) is 15.5 Å². The first-order valence-corrected chi connectivity index (χ1v) is 9.84. The van der Waals surface area contributed by atoms with E-state index in [4.69, 9.17) is 4.74 Å². The third-order valence-corrected chi connectivity index (χ3v) is 4.95. The number of benzene rings is 3. The molecule has 0 spiro atoms. The first-order valence-electron chi connectivity index (χ1n) is 9.84. The molecule has 3 aromatic carbocycles. The summed E-state index contributed by atoms with van der Waals surface area (Å²) in [6, 6.07) is 17.7. The van der Waals surface area contributed by atoms with Crippen LogP contribution in [0.4, 0.5) is 5.69 Å². The lowest BCUT2D eigenvalue weighted by molar-refractivity contribution is -0.118. The van der Waals surface area contributed by atoms with Gasteiger partial charge in [-0.05, 0) is 69.2 Å². The molecule has 0 aliphatic heterocycles. The highest BCUT2D eigenvalue weighted by molar-refractivity contribution is 5.95. The van der Waals surface area contributed by atoms with Crippen molar-refractivity contribution in [2.75, 3.05) is 11.9 Å². The zero-order valence-electron chi connectivity index (χ0n) is 17.6. The molecule has 1 heterocycles. The van der Waals surface area contributed by atoms with Crippen LogP contribution >= 0.6 is 0 Å². The van der Waals surface area contributed by atoms with Gasteiger partial charge in [0.1, 0.15) is 16.8 Å². The van der Waals surface area contributed by atoms with Crippen molar-refractivity contribution in [2.24, 2.45) is 0 Å². The van der Waals surface area contributed by atoms with E-state index < -0.39 is 0 Å². The standard InChI is InChI=1S/C24H24N4O2/c1-15-5-8-19(9-6-15)28-26-21-12-17(3)20(13-22(21)27-28)25-24(29)14-30-23-10-7-16(2)11-18(23)4/h5-13H,14H2,1-4H3,(H,25,29). The minimum atomic E-state index is -0.219. The number of ether oxygens (including phenoxy) is 1. The SMILES string of the molecule is Cc1ccc(-n2nc3cc(C)c(NC(=O)COc4ccc(C)cc4C)cc3n2)cc1. The number of fused-ring (bicyclic) bond motifs is 1. The van der Waals surface area contributed by atoms with Crippen molar-refractivity contribution in [3.63, 3.8) is 0 Å². The number of aromatic nitrogens is 3. The lowest BCUT2D eigenvalue weighted by Crippen LogP contribution is -2.20. The van der Waals surface area contributed by atoms with Crippen LogP contribution < -0.4 is 10.1 Å². The van der Waals surface area contributed by atoms with Crippen LogP contribution in [0.15, 0.2) is 54.6 Å². The van der Waals surface area contributed by atoms with E-state index in [1.165, 1.54) is 5.56 Å². The maximum Gasteiger partial charge on any atom is 0.262 e. The topological polar surface area (TPSA) is 69.0 Å². The Hall–Kier alpha value is -3.67. The summed E-state index contributed by atoms with van der Waals surface area (Å²) in [6.07, 6.45) is 0. The number of aryl methyl sites for hydroxylation is 4. The first-order chi connectivity index (χ1) is 14.4. The maximum absolute atomic E-state index is 12.4. The van der Waals surface area contributed by atoms with Gasteiger partial charge in [-0.1, -0.05) is 35.4 Å². The second-order valence-corrected chi connectivity index (χ2v) is 7.59. The van der Waals surface area contributed by atoms with Crippen molar-refractivity contribution >= 4 is 22.6 Å². The van der Waals surface area contributed by atoms with Gasteiger partial charge in [0.25, 0.3) is 5.91 Å². The molecule has 0 radical (unpaired) electrons. The molecule has 1 N–H and O–H groups in total. The van der Waals surface area contributed by atoms with Gasteiger partial charge in [-0.3, -0.25) is 4.79 Å². The Labute approximate surface area is 175 Å². The van der Waals surface area contributed by atoms with Crippen molar-refractivity contribution in [2.45, 2.75) is 27.7 Å². The summed E-state index contributed by atoms with van der Waals surface area (Å²) in [5.41, 5.74) is 7.34. The molecule has 0 unspecified atom stereocenters. The Balaban J connectivity index is 1.50. The molecular weight excluding hydrogens is 376 g/mol. The highest BCUT2D eigenvalue weighted by atomic mass is 16.5. The van der Waals surface area contributed by atoms with Crippen molar-refractivity contribution in [1.29, 1.82) is 0 Å². The Morgan fingerprint density at radius 1 is 0.867 bits per heavy atom. The largest absolute Gasteiger partial charge is 0.483 e. The smallest absolute Gasteiger partial charge is 0.262 e. The second kappa shape index (κ2) is 7.99. The lowest BCUT2D eigenvalue weighted by Gasteiger charge is -2.11. The maximum atomic E-state index is 12.4. The zero-order chi connectivity index (χ0) is 21.3. The minimum absolute atomic E-state index is 0.0581. The van der Waals surface area contributed by atoms with Crippen LogP contribution in [0.3, 0.4) is 0 Å². The van der Waals surface area contributed by atoms with Crippen LogP contribution in [0.2, 0.25) is 0 Å². The first kappa shape index (κ1) is 19.6. The van der Waals surface area contributed by atoms with Crippen molar-refractivity contribution in [3.8, 4) is 11.4 Å². The molecule has 0 aliphatic rings. The monoisotopic (exact) mass is 400 g/mol. The van der Waals surface area contributed by atoms with Crippen molar-refractivity contribution in [1.82, 2.24) is 15.0 Å². The fourth-order valence-electron chi connectivity index (χ4n) is 3.29. The van der Waals surface area contributed by atoms with Gasteiger partial charge < -0.3 is 10.1 Å². The normalized spacial score (nSPS) is 10.9. The van der Waals surface area contributed by atoms with Crippen molar-refractivity contribution in [3.05, 3.63) is 76.9 Å². The summed E-state index contributed by atoms with van der Waals surface area (Å²) < 4.78 is 5.68. The van der Waals surface area contributed by atoms with Crippen LogP contribution in [0, 0.1) is 27.7 Å². The predicted octanol–water partition coefficient (Wildman–Crippen LogP) is 4.67. The van der Waals surface area contributed by atoms with Crippen molar-refractivity contribution < 1.29 is 9.53 Å². The minimum Gasteiger partial charge on any atom is -0.483 e. The summed E-state index contributed by atoms with van der Waals surface area (Å²) in [6.45, 7) is 7.91. The molecule has 1 aromatic heterocycles. The number of rotatable bonds is 5. The summed E-state index contributed by atoms with van der Waals surface area (Å²) in [5.74, 6) is 0.493. The molecule has 6 heteroatoms.